The molecule has 0 atom stereocenters. The Kier molecular flexibility index (Phi) is 9.96. The molecule has 12 aromatic rings. The molecule has 0 radical (unpaired) electrons. The summed E-state index contributed by atoms with van der Waals surface area (Å²) in [4.78, 5) is 7.48. The normalized spacial score (nSPS) is 13.2. The summed E-state index contributed by atoms with van der Waals surface area (Å²) < 4.78 is 9.47. The first kappa shape index (κ1) is 44.4. The highest BCUT2D eigenvalue weighted by Gasteiger charge is 2.44. The van der Waals surface area contributed by atoms with Gasteiger partial charge in [0, 0.05) is 71.1 Å². The van der Waals surface area contributed by atoms with Gasteiger partial charge in [0.05, 0.1) is 5.69 Å². The molecule has 14 rings (SSSR count). The van der Waals surface area contributed by atoms with Crippen molar-refractivity contribution in [3.8, 4) is 11.1 Å². The molecule has 0 spiro atoms. The summed E-state index contributed by atoms with van der Waals surface area (Å²) in [5.74, 6) is 0. The fourth-order valence-electron chi connectivity index (χ4n) is 11.8. The number of anilines is 9. The molecule has 4 heterocycles. The summed E-state index contributed by atoms with van der Waals surface area (Å²) in [6.07, 6.45) is 0. The Morgan fingerprint density at radius 2 is 1.00 bits per heavy atom. The second-order valence-corrected chi connectivity index (χ2v) is 23.2. The highest BCUT2D eigenvalue weighted by atomic mass is 32.1. The highest BCUT2D eigenvalue weighted by molar-refractivity contribution is 7.26. The number of fused-ring (bicyclic) bond motifs is 10. The quantitative estimate of drug-likeness (QED) is 0.155. The molecule has 2 aliphatic heterocycles. The molecule has 4 nitrogen and oxygen atoms in total. The molecule has 74 heavy (non-hydrogen) atoms. The number of hydrogen-bond acceptors (Lipinski definition) is 5. The number of hydrogen-bond donors (Lipinski definition) is 0. The molecule has 0 saturated carbocycles. The minimum absolute atomic E-state index is 0.00110. The third-order valence-corrected chi connectivity index (χ3v) is 16.7. The van der Waals surface area contributed by atoms with Gasteiger partial charge in [-0.3, -0.25) is 0 Å². The van der Waals surface area contributed by atoms with E-state index in [1.54, 1.807) is 0 Å². The Bertz CT molecular complexity index is 4180. The van der Waals surface area contributed by atoms with Crippen LogP contribution in [0.25, 0.3) is 53.2 Å². The smallest absolute Gasteiger partial charge is 0.252 e. The third kappa shape index (κ3) is 7.03. The molecule has 0 amide bonds. The summed E-state index contributed by atoms with van der Waals surface area (Å²) in [6.45, 7) is 13.7. The zero-order chi connectivity index (χ0) is 50.0. The van der Waals surface area contributed by atoms with Gasteiger partial charge >= 0.3 is 0 Å². The maximum atomic E-state index is 6.88. The van der Waals surface area contributed by atoms with Crippen LogP contribution in [0.5, 0.6) is 0 Å². The van der Waals surface area contributed by atoms with Crippen molar-refractivity contribution in [2.75, 3.05) is 14.7 Å². The predicted molar refractivity (Wildman–Crippen MR) is 318 cm³/mol. The standard InChI is InChI=1S/C68H54BN3OS/c1-67(2,3)45-29-33-47(34-30-45)71-57-24-16-25-58-65(57)69(56-41-54-52-22-11-13-28-63(52)74-64(54)42-61(56)72(58)48-35-31-46(32-36-48)68(4,5)6)55-38-37-50(40-60(55)71)70(49-20-14-19-44(39-49)43-17-8-7-9-18-43)59-26-15-23-53-51-21-10-12-27-62(51)73-66(53)59/h7-42H,1-6H3. The van der Waals surface area contributed by atoms with E-state index >= 15 is 0 Å². The van der Waals surface area contributed by atoms with Gasteiger partial charge in [-0.15, -0.1) is 11.3 Å². The van der Waals surface area contributed by atoms with E-state index in [0.29, 0.717) is 0 Å². The van der Waals surface area contributed by atoms with Crippen LogP contribution in [0, 0.1) is 0 Å². The zero-order valence-electron chi connectivity index (χ0n) is 42.5. The van der Waals surface area contributed by atoms with Crippen LogP contribution in [-0.2, 0) is 10.8 Å². The molecular weight excluding hydrogens is 918 g/mol. The number of rotatable bonds is 6. The molecule has 10 aromatic carbocycles. The minimum Gasteiger partial charge on any atom is -0.454 e. The molecule has 0 aliphatic carbocycles. The number of para-hydroxylation sites is 2. The molecule has 0 fully saturated rings. The van der Waals surface area contributed by atoms with Gasteiger partial charge < -0.3 is 19.1 Å². The van der Waals surface area contributed by atoms with Crippen molar-refractivity contribution in [3.05, 3.63) is 230 Å². The third-order valence-electron chi connectivity index (χ3n) is 15.6. The first-order chi connectivity index (χ1) is 36.0. The summed E-state index contributed by atoms with van der Waals surface area (Å²) in [6, 6.07) is 81.2. The Morgan fingerprint density at radius 3 is 1.70 bits per heavy atom. The fourth-order valence-corrected chi connectivity index (χ4v) is 13.0. The Balaban J connectivity index is 1.05. The van der Waals surface area contributed by atoms with Crippen molar-refractivity contribution < 1.29 is 4.42 Å². The van der Waals surface area contributed by atoms with E-state index in [4.69, 9.17) is 4.42 Å². The van der Waals surface area contributed by atoms with Crippen molar-refractivity contribution in [2.24, 2.45) is 0 Å². The lowest BCUT2D eigenvalue weighted by molar-refractivity contribution is 0.590. The van der Waals surface area contributed by atoms with Gasteiger partial charge in [0.15, 0.2) is 5.58 Å². The highest BCUT2D eigenvalue weighted by Crippen LogP contribution is 2.49. The van der Waals surface area contributed by atoms with Crippen LogP contribution in [0.1, 0.15) is 52.7 Å². The number of nitrogens with zero attached hydrogens (tertiary/aromatic N) is 3. The van der Waals surface area contributed by atoms with E-state index in [1.165, 1.54) is 70.3 Å². The Hall–Kier alpha value is -8.32. The average Bonchev–Trinajstić information content (AvgIpc) is 3.99. The van der Waals surface area contributed by atoms with Crippen LogP contribution in [0.15, 0.2) is 223 Å². The van der Waals surface area contributed by atoms with Crippen molar-refractivity contribution in [1.29, 1.82) is 0 Å². The van der Waals surface area contributed by atoms with Crippen molar-refractivity contribution in [3.63, 3.8) is 0 Å². The summed E-state index contributed by atoms with van der Waals surface area (Å²) >= 11 is 1.89. The summed E-state index contributed by atoms with van der Waals surface area (Å²) in [5, 5.41) is 4.80. The number of benzene rings is 10. The number of thiophene rings is 1. The molecule has 0 N–H and O–H groups in total. The topological polar surface area (TPSA) is 22.9 Å². The number of furan rings is 1. The zero-order valence-corrected chi connectivity index (χ0v) is 43.3. The largest absolute Gasteiger partial charge is 0.454 e. The van der Waals surface area contributed by atoms with Gasteiger partial charge in [-0.05, 0) is 140 Å². The predicted octanol–water partition coefficient (Wildman–Crippen LogP) is 17.8. The Labute approximate surface area is 437 Å². The van der Waals surface area contributed by atoms with E-state index in [0.717, 1.165) is 61.6 Å². The average molecular weight is 972 g/mol. The lowest BCUT2D eigenvalue weighted by Gasteiger charge is -2.44. The molecular formula is C68H54BN3OS. The lowest BCUT2D eigenvalue weighted by Crippen LogP contribution is -2.61. The van der Waals surface area contributed by atoms with Gasteiger partial charge in [-0.1, -0.05) is 175 Å². The molecule has 0 saturated heterocycles. The van der Waals surface area contributed by atoms with Crippen LogP contribution in [0.4, 0.5) is 51.2 Å². The molecule has 2 aliphatic rings. The van der Waals surface area contributed by atoms with Crippen LogP contribution in [0.2, 0.25) is 0 Å². The molecule has 356 valence electrons. The van der Waals surface area contributed by atoms with Crippen LogP contribution < -0.4 is 31.1 Å². The van der Waals surface area contributed by atoms with E-state index in [9.17, 15) is 0 Å². The molecule has 6 heteroatoms. The van der Waals surface area contributed by atoms with Crippen LogP contribution in [0.3, 0.4) is 0 Å². The molecule has 0 bridgehead atoms. The first-order valence-corrected chi connectivity index (χ1v) is 26.7. The van der Waals surface area contributed by atoms with Crippen molar-refractivity contribution >= 4 is 128 Å². The lowest BCUT2D eigenvalue weighted by atomic mass is 9.33. The molecule has 2 aromatic heterocycles. The fraction of sp³-hybridized carbons (Fsp3) is 0.118. The van der Waals surface area contributed by atoms with Crippen LogP contribution in [-0.4, -0.2) is 6.71 Å². The van der Waals surface area contributed by atoms with Crippen molar-refractivity contribution in [1.82, 2.24) is 0 Å². The monoisotopic (exact) mass is 971 g/mol. The maximum absolute atomic E-state index is 6.88. The van der Waals surface area contributed by atoms with E-state index in [1.807, 2.05) is 11.3 Å². The second kappa shape index (κ2) is 16.6. The van der Waals surface area contributed by atoms with Gasteiger partial charge in [-0.2, -0.15) is 0 Å². The summed E-state index contributed by atoms with van der Waals surface area (Å²) in [5.41, 5.74) is 20.6. The van der Waals surface area contributed by atoms with Crippen molar-refractivity contribution in [2.45, 2.75) is 52.4 Å². The van der Waals surface area contributed by atoms with Gasteiger partial charge in [0.1, 0.15) is 5.58 Å². The molecule has 0 unspecified atom stereocenters. The van der Waals surface area contributed by atoms with E-state index in [-0.39, 0.29) is 17.5 Å². The maximum Gasteiger partial charge on any atom is 0.252 e. The van der Waals surface area contributed by atoms with Crippen LogP contribution >= 0.6 is 11.3 Å². The minimum atomic E-state index is -0.0628. The van der Waals surface area contributed by atoms with Gasteiger partial charge in [0.2, 0.25) is 0 Å². The Morgan fingerprint density at radius 1 is 0.419 bits per heavy atom. The second-order valence-electron chi connectivity index (χ2n) is 22.2. The summed E-state index contributed by atoms with van der Waals surface area (Å²) in [7, 11) is 0. The van der Waals surface area contributed by atoms with Gasteiger partial charge in [0.25, 0.3) is 6.71 Å². The van der Waals surface area contributed by atoms with E-state index < -0.39 is 0 Å². The first-order valence-electron chi connectivity index (χ1n) is 25.9. The SMILES string of the molecule is CC(C)(C)c1ccc(N2c3cc(N(c4cccc(-c5ccccc5)c4)c4cccc5c4oc4ccccc45)ccc3B3c4cc5c(cc4N(c4ccc(C(C)(C)C)cc4)c4cccc2c43)sc2ccccc25)cc1. The van der Waals surface area contributed by atoms with Gasteiger partial charge in [-0.25, -0.2) is 0 Å². The van der Waals surface area contributed by atoms with E-state index in [2.05, 4.69) is 275 Å².